The third-order valence-corrected chi connectivity index (χ3v) is 4.88. The number of carbonyl (C=O) groups excluding carboxylic acids is 2. The molecule has 0 aromatic carbocycles. The van der Waals surface area contributed by atoms with E-state index in [-0.39, 0.29) is 23.7 Å². The van der Waals surface area contributed by atoms with Crippen LogP contribution in [0.3, 0.4) is 0 Å². The summed E-state index contributed by atoms with van der Waals surface area (Å²) < 4.78 is 12.6. The van der Waals surface area contributed by atoms with Crippen molar-refractivity contribution in [3.8, 4) is 0 Å². The Morgan fingerprint density at radius 3 is 2.96 bits per heavy atom. The Morgan fingerprint density at radius 1 is 1.44 bits per heavy atom. The number of hydrogen-bond donors (Lipinski definition) is 3. The number of ether oxygens (including phenoxy) is 2. The van der Waals surface area contributed by atoms with Crippen molar-refractivity contribution >= 4 is 17.8 Å². The number of nitrogens with zero attached hydrogens (tertiary/aromatic N) is 3. The van der Waals surface area contributed by atoms with Gasteiger partial charge in [0.05, 0.1) is 12.3 Å². The van der Waals surface area contributed by atoms with Crippen LogP contribution in [0, 0.1) is 0 Å². The fraction of sp³-hybridized carbons (Fsp3) is 0.529. The highest BCUT2D eigenvalue weighted by molar-refractivity contribution is 6.02. The second kappa shape index (κ2) is 6.69. The maximum absolute atomic E-state index is 12.2. The molecule has 2 atom stereocenters. The SMILES string of the molecule is Cn1nccc1C(=O)Nc1cc([C@@H]2C[C@H](OC(=O)NC3(C)CC3)CO2)[nH]n1. The minimum atomic E-state index is -0.405. The smallest absolute Gasteiger partial charge is 0.407 e. The fourth-order valence-corrected chi connectivity index (χ4v) is 2.98. The maximum Gasteiger partial charge on any atom is 0.407 e. The van der Waals surface area contributed by atoms with Crippen molar-refractivity contribution in [2.45, 2.75) is 43.9 Å². The number of aromatic amines is 1. The van der Waals surface area contributed by atoms with E-state index in [1.165, 1.54) is 4.68 Å². The molecule has 3 N–H and O–H groups in total. The molecule has 27 heavy (non-hydrogen) atoms. The van der Waals surface area contributed by atoms with Gasteiger partial charge in [-0.25, -0.2) is 4.79 Å². The van der Waals surface area contributed by atoms with Crippen molar-refractivity contribution in [2.24, 2.45) is 7.05 Å². The Hall–Kier alpha value is -2.88. The van der Waals surface area contributed by atoms with E-state index < -0.39 is 6.09 Å². The van der Waals surface area contributed by atoms with Gasteiger partial charge in [-0.3, -0.25) is 14.6 Å². The number of nitrogens with one attached hydrogen (secondary N) is 3. The third-order valence-electron chi connectivity index (χ3n) is 4.88. The van der Waals surface area contributed by atoms with Gasteiger partial charge in [0, 0.05) is 31.3 Å². The number of H-pyrrole nitrogens is 1. The number of aromatic nitrogens is 4. The lowest BCUT2D eigenvalue weighted by atomic mass is 10.1. The van der Waals surface area contributed by atoms with Crippen molar-refractivity contribution < 1.29 is 19.1 Å². The lowest BCUT2D eigenvalue weighted by Gasteiger charge is -2.15. The first-order valence-corrected chi connectivity index (χ1v) is 8.87. The van der Waals surface area contributed by atoms with Gasteiger partial charge in [0.2, 0.25) is 0 Å². The van der Waals surface area contributed by atoms with Crippen molar-refractivity contribution in [1.29, 1.82) is 0 Å². The van der Waals surface area contributed by atoms with Crippen LogP contribution in [0.15, 0.2) is 18.3 Å². The standard InChI is InChI=1S/C17H22N6O4/c1-17(4-5-17)20-16(25)27-10-7-13(26-9-10)11-8-14(22-21-11)19-15(24)12-3-6-18-23(12)2/h3,6,8,10,13H,4-5,7,9H2,1-2H3,(H,20,25)(H2,19,21,22,24)/t10-,13-/m0/s1. The Labute approximate surface area is 155 Å². The van der Waals surface area contributed by atoms with Gasteiger partial charge in [0.1, 0.15) is 17.9 Å². The molecule has 0 radical (unpaired) electrons. The van der Waals surface area contributed by atoms with Crippen LogP contribution in [0.4, 0.5) is 10.6 Å². The van der Waals surface area contributed by atoms with Gasteiger partial charge in [-0.05, 0) is 25.8 Å². The predicted octanol–water partition coefficient (Wildman–Crippen LogP) is 1.50. The molecule has 10 heteroatoms. The lowest BCUT2D eigenvalue weighted by molar-refractivity contribution is 0.0675. The maximum atomic E-state index is 12.2. The summed E-state index contributed by atoms with van der Waals surface area (Å²) in [4.78, 5) is 24.1. The summed E-state index contributed by atoms with van der Waals surface area (Å²) in [5.74, 6) is 0.0930. The van der Waals surface area contributed by atoms with Crippen LogP contribution in [-0.4, -0.2) is 50.2 Å². The number of anilines is 1. The Bertz CT molecular complexity index is 855. The molecular formula is C17H22N6O4. The Morgan fingerprint density at radius 2 is 2.26 bits per heavy atom. The first kappa shape index (κ1) is 17.5. The summed E-state index contributed by atoms with van der Waals surface area (Å²) in [6.07, 6.45) is 3.06. The van der Waals surface area contributed by atoms with E-state index in [9.17, 15) is 9.59 Å². The quantitative estimate of drug-likeness (QED) is 0.729. The molecule has 1 aliphatic heterocycles. The van der Waals surface area contributed by atoms with Crippen LogP contribution in [0.1, 0.15) is 48.5 Å². The highest BCUT2D eigenvalue weighted by Crippen LogP contribution is 2.35. The van der Waals surface area contributed by atoms with E-state index in [0.29, 0.717) is 24.5 Å². The van der Waals surface area contributed by atoms with E-state index in [0.717, 1.165) is 18.5 Å². The van der Waals surface area contributed by atoms with E-state index in [2.05, 4.69) is 25.9 Å². The molecule has 2 amide bonds. The van der Waals surface area contributed by atoms with Crippen LogP contribution in [0.2, 0.25) is 0 Å². The normalized spacial score (nSPS) is 23.0. The largest absolute Gasteiger partial charge is 0.444 e. The van der Waals surface area contributed by atoms with E-state index in [1.54, 1.807) is 25.4 Å². The minimum Gasteiger partial charge on any atom is -0.444 e. The highest BCUT2D eigenvalue weighted by atomic mass is 16.6. The monoisotopic (exact) mass is 374 g/mol. The van der Waals surface area contributed by atoms with Gasteiger partial charge in [0.25, 0.3) is 5.91 Å². The van der Waals surface area contributed by atoms with Crippen LogP contribution < -0.4 is 10.6 Å². The van der Waals surface area contributed by atoms with Crippen LogP contribution in [-0.2, 0) is 16.5 Å². The van der Waals surface area contributed by atoms with Crippen molar-refractivity contribution in [1.82, 2.24) is 25.3 Å². The van der Waals surface area contributed by atoms with Gasteiger partial charge >= 0.3 is 6.09 Å². The molecule has 3 heterocycles. The number of alkyl carbamates (subject to hydrolysis) is 1. The predicted molar refractivity (Wildman–Crippen MR) is 94.1 cm³/mol. The zero-order chi connectivity index (χ0) is 19.0. The van der Waals surface area contributed by atoms with Gasteiger partial charge in [-0.2, -0.15) is 10.2 Å². The summed E-state index contributed by atoms with van der Waals surface area (Å²) in [5, 5.41) is 16.5. The highest BCUT2D eigenvalue weighted by Gasteiger charge is 2.40. The van der Waals surface area contributed by atoms with Gasteiger partial charge in [-0.1, -0.05) is 0 Å². The molecule has 1 aliphatic carbocycles. The number of carbonyl (C=O) groups is 2. The minimum absolute atomic E-state index is 0.111. The van der Waals surface area contributed by atoms with E-state index >= 15 is 0 Å². The van der Waals surface area contributed by atoms with Gasteiger partial charge in [0.15, 0.2) is 5.82 Å². The summed E-state index contributed by atoms with van der Waals surface area (Å²) in [6, 6.07) is 3.34. The van der Waals surface area contributed by atoms with Crippen molar-refractivity contribution in [3.05, 3.63) is 29.7 Å². The number of aryl methyl sites for hydroxylation is 1. The summed E-state index contributed by atoms with van der Waals surface area (Å²) >= 11 is 0. The summed E-state index contributed by atoms with van der Waals surface area (Å²) in [5.41, 5.74) is 1.04. The molecule has 0 bridgehead atoms. The molecular weight excluding hydrogens is 352 g/mol. The molecule has 2 aliphatic rings. The molecule has 2 fully saturated rings. The molecule has 2 aromatic heterocycles. The van der Waals surface area contributed by atoms with Crippen molar-refractivity contribution in [3.63, 3.8) is 0 Å². The first-order chi connectivity index (χ1) is 12.9. The number of amides is 2. The van der Waals surface area contributed by atoms with Gasteiger partial charge in [-0.15, -0.1) is 0 Å². The Balaban J connectivity index is 1.30. The number of hydrogen-bond acceptors (Lipinski definition) is 6. The molecule has 4 rings (SSSR count). The zero-order valence-electron chi connectivity index (χ0n) is 15.2. The topological polar surface area (TPSA) is 123 Å². The average molecular weight is 374 g/mol. The third kappa shape index (κ3) is 3.95. The molecule has 2 aromatic rings. The molecule has 1 saturated heterocycles. The van der Waals surface area contributed by atoms with Crippen LogP contribution in [0.25, 0.3) is 0 Å². The zero-order valence-corrected chi connectivity index (χ0v) is 15.2. The molecule has 144 valence electrons. The second-order valence-corrected chi connectivity index (χ2v) is 7.27. The lowest BCUT2D eigenvalue weighted by Crippen LogP contribution is -2.37. The molecule has 0 unspecified atom stereocenters. The first-order valence-electron chi connectivity index (χ1n) is 8.87. The van der Waals surface area contributed by atoms with Gasteiger partial charge < -0.3 is 20.1 Å². The second-order valence-electron chi connectivity index (χ2n) is 7.27. The average Bonchev–Trinajstić information content (AvgIpc) is 3.06. The van der Waals surface area contributed by atoms with E-state index in [4.69, 9.17) is 9.47 Å². The molecule has 1 saturated carbocycles. The van der Waals surface area contributed by atoms with Crippen molar-refractivity contribution in [2.75, 3.05) is 11.9 Å². The summed E-state index contributed by atoms with van der Waals surface area (Å²) in [6.45, 7) is 2.32. The fourth-order valence-electron chi connectivity index (χ4n) is 2.98. The van der Waals surface area contributed by atoms with E-state index in [1.807, 2.05) is 6.92 Å². The molecule has 0 spiro atoms. The van der Waals surface area contributed by atoms with Crippen LogP contribution >= 0.6 is 0 Å². The Kier molecular flexibility index (Phi) is 4.34. The number of rotatable bonds is 5. The molecule has 10 nitrogen and oxygen atoms in total. The summed E-state index contributed by atoms with van der Waals surface area (Å²) in [7, 11) is 1.69. The van der Waals surface area contributed by atoms with Crippen LogP contribution in [0.5, 0.6) is 0 Å².